The SMILES string of the molecule is CN1CCN(C(=O)CC2(COc3ccc(F)cc3)CN(Cc3cnn(Cc4ccccc4)c3)CCO2)CC1. The molecule has 8 nitrogen and oxygen atoms in total. The Morgan fingerprint density at radius 2 is 1.76 bits per heavy atom. The highest BCUT2D eigenvalue weighted by Gasteiger charge is 2.41. The van der Waals surface area contributed by atoms with E-state index in [9.17, 15) is 9.18 Å². The van der Waals surface area contributed by atoms with E-state index in [-0.39, 0.29) is 24.8 Å². The second-order valence-electron chi connectivity index (χ2n) is 10.4. The molecule has 38 heavy (non-hydrogen) atoms. The summed E-state index contributed by atoms with van der Waals surface area (Å²) in [4.78, 5) is 19.8. The van der Waals surface area contributed by atoms with Crippen LogP contribution in [0.3, 0.4) is 0 Å². The lowest BCUT2D eigenvalue weighted by atomic mass is 9.96. The van der Waals surface area contributed by atoms with E-state index in [4.69, 9.17) is 9.47 Å². The number of hydrogen-bond donors (Lipinski definition) is 0. The summed E-state index contributed by atoms with van der Waals surface area (Å²) < 4.78 is 27.7. The van der Waals surface area contributed by atoms with E-state index in [1.165, 1.54) is 17.7 Å². The Morgan fingerprint density at radius 1 is 1.00 bits per heavy atom. The van der Waals surface area contributed by atoms with Gasteiger partial charge in [-0.15, -0.1) is 0 Å². The van der Waals surface area contributed by atoms with Crippen LogP contribution in [0.25, 0.3) is 0 Å². The van der Waals surface area contributed by atoms with Crippen LogP contribution >= 0.6 is 0 Å². The van der Waals surface area contributed by atoms with Gasteiger partial charge in [-0.1, -0.05) is 30.3 Å². The quantitative estimate of drug-likeness (QED) is 0.432. The van der Waals surface area contributed by atoms with Crippen LogP contribution in [-0.2, 0) is 22.6 Å². The van der Waals surface area contributed by atoms with Crippen molar-refractivity contribution >= 4 is 5.91 Å². The number of carbonyl (C=O) groups is 1. The van der Waals surface area contributed by atoms with Crippen molar-refractivity contribution in [3.8, 4) is 5.75 Å². The Balaban J connectivity index is 1.26. The Morgan fingerprint density at radius 3 is 2.53 bits per heavy atom. The normalized spacial score (nSPS) is 20.9. The van der Waals surface area contributed by atoms with Gasteiger partial charge in [0.25, 0.3) is 0 Å². The van der Waals surface area contributed by atoms with E-state index in [1.807, 2.05) is 34.0 Å². The zero-order valence-electron chi connectivity index (χ0n) is 22.0. The van der Waals surface area contributed by atoms with Gasteiger partial charge in [-0.25, -0.2) is 4.39 Å². The van der Waals surface area contributed by atoms with Crippen molar-refractivity contribution in [1.82, 2.24) is 24.5 Å². The maximum Gasteiger partial charge on any atom is 0.225 e. The Hall–Kier alpha value is -3.27. The number of rotatable bonds is 9. The molecule has 0 aliphatic carbocycles. The molecule has 0 spiro atoms. The van der Waals surface area contributed by atoms with E-state index in [2.05, 4.69) is 40.3 Å². The summed E-state index contributed by atoms with van der Waals surface area (Å²) >= 11 is 0. The number of morpholine rings is 1. The minimum Gasteiger partial charge on any atom is -0.491 e. The molecule has 0 N–H and O–H groups in total. The minimum atomic E-state index is -0.799. The zero-order chi connectivity index (χ0) is 26.4. The maximum atomic E-state index is 13.4. The molecule has 0 saturated carbocycles. The first-order chi connectivity index (χ1) is 18.5. The van der Waals surface area contributed by atoms with Gasteiger partial charge in [-0.05, 0) is 36.9 Å². The molecule has 9 heteroatoms. The average molecular weight is 522 g/mol. The molecular weight excluding hydrogens is 485 g/mol. The molecule has 3 aromatic rings. The molecule has 0 radical (unpaired) electrons. The number of ether oxygens (including phenoxy) is 2. The molecule has 2 aliphatic heterocycles. The molecule has 202 valence electrons. The summed E-state index contributed by atoms with van der Waals surface area (Å²) in [6.45, 7) is 6.61. The highest BCUT2D eigenvalue weighted by atomic mass is 19.1. The van der Waals surface area contributed by atoms with Crippen molar-refractivity contribution < 1.29 is 18.7 Å². The van der Waals surface area contributed by atoms with E-state index >= 15 is 0 Å². The lowest BCUT2D eigenvalue weighted by Crippen LogP contribution is -2.58. The highest BCUT2D eigenvalue weighted by Crippen LogP contribution is 2.27. The number of likely N-dealkylation sites (N-methyl/N-ethyl adjacent to an activating group) is 1. The minimum absolute atomic E-state index is 0.0818. The van der Waals surface area contributed by atoms with Gasteiger partial charge < -0.3 is 19.3 Å². The van der Waals surface area contributed by atoms with Crippen LogP contribution in [0, 0.1) is 5.82 Å². The van der Waals surface area contributed by atoms with Crippen molar-refractivity contribution in [3.05, 3.63) is 83.9 Å². The van der Waals surface area contributed by atoms with Crippen LogP contribution in [0.5, 0.6) is 5.75 Å². The molecule has 1 atom stereocenters. The van der Waals surface area contributed by atoms with Gasteiger partial charge in [0.05, 0.1) is 25.8 Å². The largest absolute Gasteiger partial charge is 0.491 e. The van der Waals surface area contributed by atoms with Crippen molar-refractivity contribution in [1.29, 1.82) is 0 Å². The van der Waals surface area contributed by atoms with E-state index in [0.29, 0.717) is 38.5 Å². The van der Waals surface area contributed by atoms with Crippen LogP contribution in [-0.4, -0.2) is 95.5 Å². The third-order valence-electron chi connectivity index (χ3n) is 7.25. The topological polar surface area (TPSA) is 63.1 Å². The fourth-order valence-corrected chi connectivity index (χ4v) is 5.10. The number of piperazine rings is 1. The highest BCUT2D eigenvalue weighted by molar-refractivity contribution is 5.77. The van der Waals surface area contributed by atoms with Crippen LogP contribution in [0.4, 0.5) is 4.39 Å². The van der Waals surface area contributed by atoms with Gasteiger partial charge in [-0.2, -0.15) is 5.10 Å². The number of halogens is 1. The average Bonchev–Trinajstić information content (AvgIpc) is 3.36. The Bertz CT molecular complexity index is 1180. The predicted octanol–water partition coefficient (Wildman–Crippen LogP) is 2.88. The number of aromatic nitrogens is 2. The van der Waals surface area contributed by atoms with Gasteiger partial charge in [0.15, 0.2) is 0 Å². The number of nitrogens with zero attached hydrogens (tertiary/aromatic N) is 5. The summed E-state index contributed by atoms with van der Waals surface area (Å²) in [6, 6.07) is 16.2. The van der Waals surface area contributed by atoms with Crippen LogP contribution < -0.4 is 4.74 Å². The van der Waals surface area contributed by atoms with Gasteiger partial charge in [0.1, 0.15) is 23.8 Å². The molecular formula is C29H36FN5O3. The molecule has 2 aromatic carbocycles. The van der Waals surface area contributed by atoms with Gasteiger partial charge in [-0.3, -0.25) is 14.4 Å². The fraction of sp³-hybridized carbons (Fsp3) is 0.448. The number of hydrogen-bond acceptors (Lipinski definition) is 6. The van der Waals surface area contributed by atoms with Crippen molar-refractivity contribution in [3.63, 3.8) is 0 Å². The monoisotopic (exact) mass is 521 g/mol. The number of amides is 1. The van der Waals surface area contributed by atoms with Crippen LogP contribution in [0.1, 0.15) is 17.5 Å². The summed E-state index contributed by atoms with van der Waals surface area (Å²) in [6.07, 6.45) is 4.22. The smallest absolute Gasteiger partial charge is 0.225 e. The second kappa shape index (κ2) is 12.1. The van der Waals surface area contributed by atoms with Gasteiger partial charge >= 0.3 is 0 Å². The number of carbonyl (C=O) groups excluding carboxylic acids is 1. The van der Waals surface area contributed by atoms with Gasteiger partial charge in [0.2, 0.25) is 5.91 Å². The van der Waals surface area contributed by atoms with Gasteiger partial charge in [0, 0.05) is 57.6 Å². The summed E-state index contributed by atoms with van der Waals surface area (Å²) in [5, 5.41) is 4.55. The zero-order valence-corrected chi connectivity index (χ0v) is 22.0. The van der Waals surface area contributed by atoms with Crippen LogP contribution in [0.15, 0.2) is 67.0 Å². The second-order valence-corrected chi connectivity index (χ2v) is 10.4. The lowest BCUT2D eigenvalue weighted by molar-refractivity contribution is -0.157. The summed E-state index contributed by atoms with van der Waals surface area (Å²) in [5.74, 6) is 0.323. The molecule has 2 fully saturated rings. The maximum absolute atomic E-state index is 13.4. The van der Waals surface area contributed by atoms with Crippen molar-refractivity contribution in [2.45, 2.75) is 25.1 Å². The Kier molecular flexibility index (Phi) is 8.36. The molecule has 2 aliphatic rings. The molecule has 3 heterocycles. The Labute approximate surface area is 223 Å². The molecule has 1 aromatic heterocycles. The molecule has 1 amide bonds. The van der Waals surface area contributed by atoms with Crippen LogP contribution in [0.2, 0.25) is 0 Å². The summed E-state index contributed by atoms with van der Waals surface area (Å²) in [7, 11) is 2.07. The standard InChI is InChI=1S/C29H36FN5O3/c1-32-11-13-34(14-12-32)28(36)17-29(23-37-27-9-7-26(30)8-10-27)22-33(15-16-38-29)19-25-18-31-35(21-25)20-24-5-3-2-4-6-24/h2-10,18,21H,11-17,19-20,22-23H2,1H3. The third kappa shape index (κ3) is 6.98. The van der Waals surface area contributed by atoms with E-state index in [1.54, 1.807) is 12.1 Å². The molecule has 2 saturated heterocycles. The molecule has 1 unspecified atom stereocenters. The lowest BCUT2D eigenvalue weighted by Gasteiger charge is -2.43. The first kappa shape index (κ1) is 26.3. The predicted molar refractivity (Wildman–Crippen MR) is 142 cm³/mol. The number of benzene rings is 2. The van der Waals surface area contributed by atoms with E-state index < -0.39 is 5.60 Å². The third-order valence-corrected chi connectivity index (χ3v) is 7.25. The fourth-order valence-electron chi connectivity index (χ4n) is 5.10. The first-order valence-corrected chi connectivity index (χ1v) is 13.2. The summed E-state index contributed by atoms with van der Waals surface area (Å²) in [5.41, 5.74) is 1.52. The van der Waals surface area contributed by atoms with E-state index in [0.717, 1.165) is 31.7 Å². The first-order valence-electron chi connectivity index (χ1n) is 13.2. The van der Waals surface area contributed by atoms with Crippen molar-refractivity contribution in [2.24, 2.45) is 0 Å². The molecule has 0 bridgehead atoms. The molecule has 5 rings (SSSR count). The van der Waals surface area contributed by atoms with Crippen molar-refractivity contribution in [2.75, 3.05) is 59.5 Å².